The second-order valence-electron chi connectivity index (χ2n) is 6.38. The van der Waals surface area contributed by atoms with Gasteiger partial charge >= 0.3 is 6.09 Å². The molecule has 22 heavy (non-hydrogen) atoms. The molecule has 0 aliphatic heterocycles. The molecular weight excluding hydrogens is 302 g/mol. The third-order valence-corrected chi connectivity index (χ3v) is 4.05. The lowest BCUT2D eigenvalue weighted by molar-refractivity contribution is 0.0989. The van der Waals surface area contributed by atoms with Crippen LogP contribution in [0.15, 0.2) is 23.1 Å². The SMILES string of the molecule is COc1cc(C(O)[C@@H](CC(C)(C)C)NC(=O)O)ccc1SC. The Morgan fingerprint density at radius 3 is 2.50 bits per heavy atom. The maximum Gasteiger partial charge on any atom is 0.404 e. The molecule has 0 bridgehead atoms. The van der Waals surface area contributed by atoms with Gasteiger partial charge in [-0.15, -0.1) is 11.8 Å². The monoisotopic (exact) mass is 327 g/mol. The van der Waals surface area contributed by atoms with Crippen molar-refractivity contribution >= 4 is 17.9 Å². The van der Waals surface area contributed by atoms with Crippen molar-refractivity contribution < 1.29 is 19.7 Å². The Hall–Kier alpha value is -1.40. The molecule has 1 aromatic carbocycles. The standard InChI is InChI=1S/C16H25NO4S/c1-16(2,3)9-11(17-15(19)20)14(18)10-6-7-13(22-5)12(8-10)21-4/h6-8,11,14,17-18H,9H2,1-5H3,(H,19,20)/t11-,14?/m1/s1. The van der Waals surface area contributed by atoms with E-state index in [1.54, 1.807) is 31.0 Å². The lowest BCUT2D eigenvalue weighted by atomic mass is 9.84. The third kappa shape index (κ3) is 5.42. The van der Waals surface area contributed by atoms with E-state index in [2.05, 4.69) is 5.32 Å². The zero-order valence-corrected chi connectivity index (χ0v) is 14.5. The maximum absolute atomic E-state index is 11.0. The van der Waals surface area contributed by atoms with Crippen molar-refractivity contribution in [3.63, 3.8) is 0 Å². The number of amides is 1. The quantitative estimate of drug-likeness (QED) is 0.697. The van der Waals surface area contributed by atoms with Gasteiger partial charge < -0.3 is 20.3 Å². The normalized spacial score (nSPS) is 14.3. The molecule has 2 atom stereocenters. The average Bonchev–Trinajstić information content (AvgIpc) is 2.43. The number of rotatable bonds is 6. The summed E-state index contributed by atoms with van der Waals surface area (Å²) in [6.45, 7) is 6.02. The molecule has 1 aromatic rings. The van der Waals surface area contributed by atoms with Gasteiger partial charge in [0.15, 0.2) is 0 Å². The summed E-state index contributed by atoms with van der Waals surface area (Å²) in [5.74, 6) is 0.675. The van der Waals surface area contributed by atoms with Gasteiger partial charge in [0, 0.05) is 4.90 Å². The first-order chi connectivity index (χ1) is 10.2. The Labute approximate surface area is 136 Å². The van der Waals surface area contributed by atoms with Crippen LogP contribution < -0.4 is 10.1 Å². The van der Waals surface area contributed by atoms with Crippen molar-refractivity contribution in [2.45, 2.75) is 44.2 Å². The number of carboxylic acid groups (broad SMARTS) is 1. The minimum absolute atomic E-state index is 0.114. The smallest absolute Gasteiger partial charge is 0.404 e. The van der Waals surface area contributed by atoms with Crippen LogP contribution in [0.3, 0.4) is 0 Å². The first-order valence-electron chi connectivity index (χ1n) is 7.07. The lowest BCUT2D eigenvalue weighted by Crippen LogP contribution is -2.41. The summed E-state index contributed by atoms with van der Waals surface area (Å²) in [7, 11) is 1.58. The summed E-state index contributed by atoms with van der Waals surface area (Å²) >= 11 is 1.55. The molecule has 3 N–H and O–H groups in total. The first-order valence-corrected chi connectivity index (χ1v) is 8.30. The minimum Gasteiger partial charge on any atom is -0.496 e. The molecule has 0 aromatic heterocycles. The second kappa shape index (κ2) is 7.74. The van der Waals surface area contributed by atoms with E-state index < -0.39 is 18.2 Å². The molecule has 1 rings (SSSR count). The van der Waals surface area contributed by atoms with Crippen molar-refractivity contribution in [1.29, 1.82) is 0 Å². The number of hydrogen-bond donors (Lipinski definition) is 3. The average molecular weight is 327 g/mol. The van der Waals surface area contributed by atoms with Crippen molar-refractivity contribution in [2.24, 2.45) is 5.41 Å². The van der Waals surface area contributed by atoms with Gasteiger partial charge in [0.1, 0.15) is 5.75 Å². The number of thioether (sulfide) groups is 1. The number of carbonyl (C=O) groups is 1. The van der Waals surface area contributed by atoms with E-state index in [4.69, 9.17) is 9.84 Å². The Morgan fingerprint density at radius 2 is 2.05 bits per heavy atom. The van der Waals surface area contributed by atoms with Crippen molar-refractivity contribution in [1.82, 2.24) is 5.32 Å². The fourth-order valence-electron chi connectivity index (χ4n) is 2.33. The molecule has 0 heterocycles. The van der Waals surface area contributed by atoms with E-state index in [9.17, 15) is 9.90 Å². The van der Waals surface area contributed by atoms with Crippen LogP contribution in [0, 0.1) is 5.41 Å². The van der Waals surface area contributed by atoms with Gasteiger partial charge in [0.05, 0.1) is 19.3 Å². The van der Waals surface area contributed by atoms with E-state index in [-0.39, 0.29) is 5.41 Å². The van der Waals surface area contributed by atoms with Crippen LogP contribution in [0.25, 0.3) is 0 Å². The van der Waals surface area contributed by atoms with Crippen LogP contribution >= 0.6 is 11.8 Å². The molecule has 124 valence electrons. The van der Waals surface area contributed by atoms with E-state index in [1.165, 1.54) is 0 Å². The highest BCUT2D eigenvalue weighted by Crippen LogP contribution is 2.33. The number of aliphatic hydroxyl groups is 1. The van der Waals surface area contributed by atoms with Crippen LogP contribution in [0.5, 0.6) is 5.75 Å². The van der Waals surface area contributed by atoms with Crippen molar-refractivity contribution in [3.05, 3.63) is 23.8 Å². The molecule has 5 nitrogen and oxygen atoms in total. The van der Waals surface area contributed by atoms with Crippen LogP contribution in [0.1, 0.15) is 38.9 Å². The fourth-order valence-corrected chi connectivity index (χ4v) is 2.88. The topological polar surface area (TPSA) is 78.8 Å². The van der Waals surface area contributed by atoms with E-state index in [0.29, 0.717) is 17.7 Å². The van der Waals surface area contributed by atoms with Crippen LogP contribution in [0.2, 0.25) is 0 Å². The van der Waals surface area contributed by atoms with Crippen LogP contribution in [-0.4, -0.2) is 35.7 Å². The minimum atomic E-state index is -1.14. The van der Waals surface area contributed by atoms with Gasteiger partial charge in [-0.3, -0.25) is 0 Å². The summed E-state index contributed by atoms with van der Waals surface area (Å²) in [5.41, 5.74) is 0.523. The van der Waals surface area contributed by atoms with Gasteiger partial charge in [0.2, 0.25) is 0 Å². The summed E-state index contributed by atoms with van der Waals surface area (Å²) in [6, 6.07) is 4.85. The number of nitrogens with one attached hydrogen (secondary N) is 1. The maximum atomic E-state index is 11.0. The molecule has 6 heteroatoms. The van der Waals surface area contributed by atoms with Crippen LogP contribution in [-0.2, 0) is 0 Å². The fraction of sp³-hybridized carbons (Fsp3) is 0.562. The van der Waals surface area contributed by atoms with E-state index >= 15 is 0 Å². The van der Waals surface area contributed by atoms with Gasteiger partial charge in [0.25, 0.3) is 0 Å². The molecule has 1 unspecified atom stereocenters. The summed E-state index contributed by atoms with van der Waals surface area (Å²) in [6.07, 6.45) is 0.399. The Bertz CT molecular complexity index is 513. The highest BCUT2D eigenvalue weighted by molar-refractivity contribution is 7.98. The van der Waals surface area contributed by atoms with E-state index in [1.807, 2.05) is 33.1 Å². The molecule has 0 saturated heterocycles. The Kier molecular flexibility index (Phi) is 6.56. The Morgan fingerprint density at radius 1 is 1.41 bits per heavy atom. The third-order valence-electron chi connectivity index (χ3n) is 3.27. The second-order valence-corrected chi connectivity index (χ2v) is 7.23. The molecule has 0 fully saturated rings. The summed E-state index contributed by atoms with van der Waals surface area (Å²) < 4.78 is 5.32. The summed E-state index contributed by atoms with van der Waals surface area (Å²) in [4.78, 5) is 12.0. The number of aliphatic hydroxyl groups excluding tert-OH is 1. The molecule has 0 radical (unpaired) electrons. The highest BCUT2D eigenvalue weighted by Gasteiger charge is 2.28. The lowest BCUT2D eigenvalue weighted by Gasteiger charge is -2.30. The largest absolute Gasteiger partial charge is 0.496 e. The number of hydrogen-bond acceptors (Lipinski definition) is 4. The van der Waals surface area contributed by atoms with Crippen molar-refractivity contribution in [3.8, 4) is 5.75 Å². The molecular formula is C16H25NO4S. The van der Waals surface area contributed by atoms with Gasteiger partial charge in [-0.1, -0.05) is 26.8 Å². The highest BCUT2D eigenvalue weighted by atomic mass is 32.2. The van der Waals surface area contributed by atoms with Crippen molar-refractivity contribution in [2.75, 3.05) is 13.4 Å². The summed E-state index contributed by atoms with van der Waals surface area (Å²) in [5, 5.41) is 22.0. The molecule has 0 spiro atoms. The number of benzene rings is 1. The van der Waals surface area contributed by atoms with Gasteiger partial charge in [-0.25, -0.2) is 4.79 Å². The van der Waals surface area contributed by atoms with E-state index in [0.717, 1.165) is 4.90 Å². The zero-order valence-electron chi connectivity index (χ0n) is 13.7. The zero-order chi connectivity index (χ0) is 16.9. The van der Waals surface area contributed by atoms with Gasteiger partial charge in [-0.05, 0) is 35.8 Å². The molecule has 1 amide bonds. The number of methoxy groups -OCH3 is 1. The van der Waals surface area contributed by atoms with Gasteiger partial charge in [-0.2, -0.15) is 0 Å². The Balaban J connectivity index is 3.06. The molecule has 0 aliphatic carbocycles. The predicted octanol–water partition coefficient (Wildman–Crippen LogP) is 3.52. The number of ether oxygens (including phenoxy) is 1. The first kappa shape index (κ1) is 18.6. The van der Waals surface area contributed by atoms with Crippen LogP contribution in [0.4, 0.5) is 4.79 Å². The molecule has 0 aliphatic rings. The molecule has 0 saturated carbocycles. The predicted molar refractivity (Wildman–Crippen MR) is 88.8 cm³/mol.